The average Bonchev–Trinajstić information content (AvgIpc) is 3.10. The maximum Gasteiger partial charge on any atom is 0.411 e. The summed E-state index contributed by atoms with van der Waals surface area (Å²) < 4.78 is 41.7. The van der Waals surface area contributed by atoms with Gasteiger partial charge in [0.1, 0.15) is 12.3 Å². The first kappa shape index (κ1) is 14.7. The molecule has 1 aromatic heterocycles. The van der Waals surface area contributed by atoms with Crippen LogP contribution >= 0.6 is 0 Å². The van der Waals surface area contributed by atoms with Gasteiger partial charge in [-0.2, -0.15) is 13.2 Å². The normalized spacial score (nSPS) is 15.3. The van der Waals surface area contributed by atoms with E-state index in [1.807, 2.05) is 0 Å². The number of nitrogens with one attached hydrogen (secondary N) is 1. The highest BCUT2D eigenvalue weighted by molar-refractivity contribution is 5.93. The molecule has 0 unspecified atom stereocenters. The molecule has 5 nitrogen and oxygen atoms in total. The van der Waals surface area contributed by atoms with Gasteiger partial charge in [-0.15, -0.1) is 0 Å². The fraction of sp³-hybridized carbons (Fsp3) is 0.583. The van der Waals surface area contributed by atoms with Gasteiger partial charge in [-0.3, -0.25) is 4.79 Å². The van der Waals surface area contributed by atoms with Crippen molar-refractivity contribution >= 4 is 11.6 Å². The Balaban J connectivity index is 1.77. The number of rotatable bonds is 6. The van der Waals surface area contributed by atoms with E-state index in [-0.39, 0.29) is 19.1 Å². The zero-order valence-corrected chi connectivity index (χ0v) is 10.7. The third-order valence-electron chi connectivity index (χ3n) is 2.84. The van der Waals surface area contributed by atoms with Gasteiger partial charge in [0.25, 0.3) is 5.91 Å². The van der Waals surface area contributed by atoms with Crippen molar-refractivity contribution in [3.05, 3.63) is 18.0 Å². The summed E-state index contributed by atoms with van der Waals surface area (Å²) in [7, 11) is 0. The van der Waals surface area contributed by atoms with Crippen LogP contribution in [0.5, 0.6) is 0 Å². The molecule has 0 spiro atoms. The molecule has 1 aliphatic rings. The number of nitrogen functional groups attached to an aromatic ring is 1. The molecule has 1 saturated carbocycles. The smallest absolute Gasteiger partial charge is 0.397 e. The topological polar surface area (TPSA) is 69.3 Å². The lowest BCUT2D eigenvalue weighted by atomic mass is 10.3. The Morgan fingerprint density at radius 1 is 1.50 bits per heavy atom. The summed E-state index contributed by atoms with van der Waals surface area (Å²) >= 11 is 0. The minimum Gasteiger partial charge on any atom is -0.397 e. The number of amides is 1. The van der Waals surface area contributed by atoms with Gasteiger partial charge in [0.05, 0.1) is 12.3 Å². The predicted octanol–water partition coefficient (Wildman–Crippen LogP) is 1.71. The maximum absolute atomic E-state index is 11.9. The van der Waals surface area contributed by atoms with Crippen LogP contribution in [0.1, 0.15) is 29.4 Å². The molecule has 112 valence electrons. The van der Waals surface area contributed by atoms with E-state index in [0.717, 1.165) is 12.8 Å². The Labute approximate surface area is 113 Å². The Morgan fingerprint density at radius 3 is 2.80 bits per heavy atom. The first-order chi connectivity index (χ1) is 9.37. The second-order valence-corrected chi connectivity index (χ2v) is 4.72. The van der Waals surface area contributed by atoms with E-state index in [9.17, 15) is 18.0 Å². The quantitative estimate of drug-likeness (QED) is 0.784. The van der Waals surface area contributed by atoms with Crippen molar-refractivity contribution in [3.8, 4) is 0 Å². The molecule has 1 aromatic rings. The van der Waals surface area contributed by atoms with Gasteiger partial charge in [-0.25, -0.2) is 0 Å². The van der Waals surface area contributed by atoms with Crippen LogP contribution in [0.15, 0.2) is 12.3 Å². The summed E-state index contributed by atoms with van der Waals surface area (Å²) in [6, 6.07) is 1.86. The third-order valence-corrected chi connectivity index (χ3v) is 2.84. The number of nitrogens with zero attached hydrogens (tertiary/aromatic N) is 1. The van der Waals surface area contributed by atoms with E-state index in [2.05, 4.69) is 10.1 Å². The Bertz CT molecular complexity index is 481. The average molecular weight is 291 g/mol. The molecule has 20 heavy (non-hydrogen) atoms. The van der Waals surface area contributed by atoms with E-state index in [1.54, 1.807) is 16.8 Å². The Kier molecular flexibility index (Phi) is 4.22. The van der Waals surface area contributed by atoms with Crippen molar-refractivity contribution in [2.24, 2.45) is 0 Å². The molecule has 0 atom stereocenters. The van der Waals surface area contributed by atoms with Gasteiger partial charge in [0.15, 0.2) is 0 Å². The number of halogens is 3. The highest BCUT2D eigenvalue weighted by atomic mass is 19.4. The van der Waals surface area contributed by atoms with Gasteiger partial charge >= 0.3 is 6.18 Å². The summed E-state index contributed by atoms with van der Waals surface area (Å²) in [6.45, 7) is -1.48. The lowest BCUT2D eigenvalue weighted by Crippen LogP contribution is -2.30. The molecule has 0 aromatic carbocycles. The van der Waals surface area contributed by atoms with Crippen molar-refractivity contribution < 1.29 is 22.7 Å². The molecular formula is C12H16F3N3O2. The van der Waals surface area contributed by atoms with Gasteiger partial charge in [-0.05, 0) is 18.9 Å². The molecule has 1 heterocycles. The zero-order chi connectivity index (χ0) is 14.8. The summed E-state index contributed by atoms with van der Waals surface area (Å²) in [5.74, 6) is -0.357. The molecule has 3 N–H and O–H groups in total. The monoisotopic (exact) mass is 291 g/mol. The lowest BCUT2D eigenvalue weighted by molar-refractivity contribution is -0.173. The first-order valence-electron chi connectivity index (χ1n) is 6.27. The molecule has 0 radical (unpaired) electrons. The van der Waals surface area contributed by atoms with Crippen LogP contribution in [0.3, 0.4) is 0 Å². The fourth-order valence-electron chi connectivity index (χ4n) is 1.85. The largest absolute Gasteiger partial charge is 0.411 e. The van der Waals surface area contributed by atoms with Gasteiger partial charge in [-0.1, -0.05) is 0 Å². The van der Waals surface area contributed by atoms with Crippen molar-refractivity contribution in [1.29, 1.82) is 0 Å². The van der Waals surface area contributed by atoms with Crippen LogP contribution < -0.4 is 11.1 Å². The second-order valence-electron chi connectivity index (χ2n) is 4.72. The van der Waals surface area contributed by atoms with E-state index >= 15 is 0 Å². The second kappa shape index (κ2) is 5.74. The number of alkyl halides is 3. The third kappa shape index (κ3) is 4.16. The minimum atomic E-state index is -4.35. The summed E-state index contributed by atoms with van der Waals surface area (Å²) in [4.78, 5) is 11.9. The maximum atomic E-state index is 11.9. The van der Waals surface area contributed by atoms with Crippen molar-refractivity contribution in [3.63, 3.8) is 0 Å². The van der Waals surface area contributed by atoms with Crippen LogP contribution in [-0.2, 0) is 4.74 Å². The molecule has 1 fully saturated rings. The molecule has 0 bridgehead atoms. The SMILES string of the molecule is Nc1cc(C(=O)NCCOCC(F)(F)F)n(C2CC2)c1. The predicted molar refractivity (Wildman–Crippen MR) is 66.3 cm³/mol. The summed E-state index contributed by atoms with van der Waals surface area (Å²) in [5.41, 5.74) is 6.58. The highest BCUT2D eigenvalue weighted by Crippen LogP contribution is 2.37. The molecular weight excluding hydrogens is 275 g/mol. The number of carbonyl (C=O) groups excluding carboxylic acids is 1. The molecule has 2 rings (SSSR count). The molecule has 8 heteroatoms. The number of hydrogen-bond donors (Lipinski definition) is 2. The van der Waals surface area contributed by atoms with Gasteiger partial charge in [0, 0.05) is 18.8 Å². The van der Waals surface area contributed by atoms with Gasteiger partial charge in [0.2, 0.25) is 0 Å². The standard InChI is InChI=1S/C12H16F3N3O2/c13-12(14,15)7-20-4-3-17-11(19)10-5-8(16)6-18(10)9-1-2-9/h5-6,9H,1-4,7,16H2,(H,17,19). The lowest BCUT2D eigenvalue weighted by Gasteiger charge is -2.10. The number of hydrogen-bond acceptors (Lipinski definition) is 3. The van der Waals surface area contributed by atoms with Crippen molar-refractivity contribution in [2.75, 3.05) is 25.5 Å². The van der Waals surface area contributed by atoms with Crippen LogP contribution in [-0.4, -0.2) is 36.4 Å². The van der Waals surface area contributed by atoms with Crippen molar-refractivity contribution in [2.45, 2.75) is 25.1 Å². The number of nitrogens with two attached hydrogens (primary N) is 1. The number of carbonyl (C=O) groups is 1. The number of aromatic nitrogens is 1. The zero-order valence-electron chi connectivity index (χ0n) is 10.7. The number of anilines is 1. The van der Waals surface area contributed by atoms with E-state index < -0.39 is 12.8 Å². The summed E-state index contributed by atoms with van der Waals surface area (Å²) in [6.07, 6.45) is -0.641. The summed E-state index contributed by atoms with van der Waals surface area (Å²) in [5, 5.41) is 2.51. The Hall–Kier alpha value is -1.70. The van der Waals surface area contributed by atoms with E-state index in [0.29, 0.717) is 17.4 Å². The van der Waals surface area contributed by atoms with Crippen LogP contribution in [0.4, 0.5) is 18.9 Å². The van der Waals surface area contributed by atoms with E-state index in [1.165, 1.54) is 0 Å². The molecule has 0 aliphatic heterocycles. The fourth-order valence-corrected chi connectivity index (χ4v) is 1.85. The first-order valence-corrected chi connectivity index (χ1v) is 6.27. The van der Waals surface area contributed by atoms with Gasteiger partial charge < -0.3 is 20.4 Å². The van der Waals surface area contributed by atoms with E-state index in [4.69, 9.17) is 5.73 Å². The molecule has 1 amide bonds. The van der Waals surface area contributed by atoms with Crippen LogP contribution in [0, 0.1) is 0 Å². The highest BCUT2D eigenvalue weighted by Gasteiger charge is 2.28. The van der Waals surface area contributed by atoms with Crippen LogP contribution in [0.25, 0.3) is 0 Å². The minimum absolute atomic E-state index is 0.0185. The Morgan fingerprint density at radius 2 is 2.20 bits per heavy atom. The van der Waals surface area contributed by atoms with Crippen molar-refractivity contribution in [1.82, 2.24) is 9.88 Å². The van der Waals surface area contributed by atoms with Crippen LogP contribution in [0.2, 0.25) is 0 Å². The molecule has 0 saturated heterocycles. The molecule has 1 aliphatic carbocycles. The number of ether oxygens (including phenoxy) is 1.